The van der Waals surface area contributed by atoms with E-state index in [0.717, 1.165) is 26.9 Å². The lowest BCUT2D eigenvalue weighted by Gasteiger charge is -2.07. The zero-order chi connectivity index (χ0) is 19.1. The number of halogens is 1. The Kier molecular flexibility index (Phi) is 6.39. The molecule has 136 valence electrons. The van der Waals surface area contributed by atoms with E-state index in [9.17, 15) is 4.79 Å². The molecule has 0 aliphatic heterocycles. The largest absolute Gasteiger partial charge is 0.484 e. The van der Waals surface area contributed by atoms with Crippen molar-refractivity contribution in [2.45, 2.75) is 6.92 Å². The summed E-state index contributed by atoms with van der Waals surface area (Å²) in [4.78, 5) is 11.9. The number of carbonyl (C=O) groups is 1. The van der Waals surface area contributed by atoms with Crippen LogP contribution >= 0.6 is 15.9 Å². The van der Waals surface area contributed by atoms with E-state index in [1.165, 1.54) is 0 Å². The second-order valence-corrected chi connectivity index (χ2v) is 6.83. The molecule has 5 heteroatoms. The van der Waals surface area contributed by atoms with Crippen LogP contribution < -0.4 is 10.2 Å². The van der Waals surface area contributed by atoms with Gasteiger partial charge in [0, 0.05) is 4.47 Å². The average Bonchev–Trinajstić information content (AvgIpc) is 2.72. The normalized spacial score (nSPS) is 11.1. The molecular formula is C22H19BrN2O2. The van der Waals surface area contributed by atoms with E-state index in [1.807, 2.05) is 61.5 Å². The molecule has 3 aromatic rings. The summed E-state index contributed by atoms with van der Waals surface area (Å²) in [6.45, 7) is 1.76. The third-order valence-electron chi connectivity index (χ3n) is 3.94. The lowest BCUT2D eigenvalue weighted by Crippen LogP contribution is -2.25. The van der Waals surface area contributed by atoms with Gasteiger partial charge in [0.2, 0.25) is 0 Å². The maximum atomic E-state index is 11.9. The molecule has 0 fully saturated rings. The van der Waals surface area contributed by atoms with E-state index in [0.29, 0.717) is 5.75 Å². The highest BCUT2D eigenvalue weighted by atomic mass is 79.9. The van der Waals surface area contributed by atoms with Gasteiger partial charge in [0.1, 0.15) is 5.75 Å². The predicted molar refractivity (Wildman–Crippen MR) is 112 cm³/mol. The Balaban J connectivity index is 1.55. The van der Waals surface area contributed by atoms with Crippen LogP contribution in [0.15, 0.2) is 88.4 Å². The maximum absolute atomic E-state index is 11.9. The quantitative estimate of drug-likeness (QED) is 0.446. The van der Waals surface area contributed by atoms with Crippen molar-refractivity contribution in [1.29, 1.82) is 0 Å². The monoisotopic (exact) mass is 422 g/mol. The van der Waals surface area contributed by atoms with Gasteiger partial charge >= 0.3 is 0 Å². The number of benzene rings is 3. The fraction of sp³-hybridized carbons (Fsp3) is 0.0909. The first-order valence-electron chi connectivity index (χ1n) is 8.49. The van der Waals surface area contributed by atoms with Gasteiger partial charge in [-0.05, 0) is 47.9 Å². The molecule has 0 aromatic heterocycles. The van der Waals surface area contributed by atoms with Gasteiger partial charge in [0.25, 0.3) is 5.91 Å². The summed E-state index contributed by atoms with van der Waals surface area (Å²) in [5.41, 5.74) is 6.50. The Morgan fingerprint density at radius 1 is 0.926 bits per heavy atom. The van der Waals surface area contributed by atoms with E-state index < -0.39 is 0 Å². The number of ether oxygens (including phenoxy) is 1. The molecule has 27 heavy (non-hydrogen) atoms. The van der Waals surface area contributed by atoms with Crippen LogP contribution in [0.3, 0.4) is 0 Å². The number of nitrogens with zero attached hydrogens (tertiary/aromatic N) is 1. The van der Waals surface area contributed by atoms with Gasteiger partial charge < -0.3 is 4.74 Å². The SMILES string of the molecule is C/C(=N/NC(=O)COc1ccc(Br)cc1)c1ccc(-c2ccccc2)cc1. The molecular weight excluding hydrogens is 404 g/mol. The van der Waals surface area contributed by atoms with Crippen LogP contribution in [0.4, 0.5) is 0 Å². The van der Waals surface area contributed by atoms with Crippen LogP contribution in [-0.2, 0) is 4.79 Å². The lowest BCUT2D eigenvalue weighted by molar-refractivity contribution is -0.123. The second kappa shape index (κ2) is 9.14. The maximum Gasteiger partial charge on any atom is 0.277 e. The Bertz CT molecular complexity index is 921. The minimum atomic E-state index is -0.307. The summed E-state index contributed by atoms with van der Waals surface area (Å²) in [6, 6.07) is 25.5. The van der Waals surface area contributed by atoms with Crippen LogP contribution in [0.1, 0.15) is 12.5 Å². The van der Waals surface area contributed by atoms with Crippen molar-refractivity contribution < 1.29 is 9.53 Å². The standard InChI is InChI=1S/C22H19BrN2O2/c1-16(17-7-9-19(10-8-17)18-5-3-2-4-6-18)24-25-22(26)15-27-21-13-11-20(23)12-14-21/h2-14H,15H2,1H3,(H,25,26)/b24-16-. The van der Waals surface area contributed by atoms with Crippen molar-refractivity contribution in [3.05, 3.63) is 88.9 Å². The van der Waals surface area contributed by atoms with E-state index in [2.05, 4.69) is 38.6 Å². The highest BCUT2D eigenvalue weighted by molar-refractivity contribution is 9.10. The minimum absolute atomic E-state index is 0.0919. The van der Waals surface area contributed by atoms with Gasteiger partial charge in [-0.2, -0.15) is 5.10 Å². The van der Waals surface area contributed by atoms with Crippen molar-refractivity contribution in [3.8, 4) is 16.9 Å². The Hall–Kier alpha value is -2.92. The molecule has 4 nitrogen and oxygen atoms in total. The number of nitrogens with one attached hydrogen (secondary N) is 1. The number of hydrogen-bond acceptors (Lipinski definition) is 3. The van der Waals surface area contributed by atoms with Gasteiger partial charge in [-0.25, -0.2) is 5.43 Å². The van der Waals surface area contributed by atoms with Gasteiger partial charge in [-0.15, -0.1) is 0 Å². The number of hydrazone groups is 1. The Morgan fingerprint density at radius 2 is 1.56 bits per heavy atom. The van der Waals surface area contributed by atoms with E-state index in [-0.39, 0.29) is 12.5 Å². The summed E-state index contributed by atoms with van der Waals surface area (Å²) in [6.07, 6.45) is 0. The van der Waals surface area contributed by atoms with E-state index in [4.69, 9.17) is 4.74 Å². The zero-order valence-corrected chi connectivity index (χ0v) is 16.4. The van der Waals surface area contributed by atoms with Gasteiger partial charge in [0.05, 0.1) is 5.71 Å². The highest BCUT2D eigenvalue weighted by Gasteiger charge is 2.04. The van der Waals surface area contributed by atoms with Gasteiger partial charge in [-0.3, -0.25) is 4.79 Å². The van der Waals surface area contributed by atoms with Crippen molar-refractivity contribution in [2.75, 3.05) is 6.61 Å². The smallest absolute Gasteiger partial charge is 0.277 e. The molecule has 0 bridgehead atoms. The Morgan fingerprint density at radius 3 is 2.22 bits per heavy atom. The number of hydrogen-bond donors (Lipinski definition) is 1. The van der Waals surface area contributed by atoms with Crippen LogP contribution in [0.25, 0.3) is 11.1 Å². The molecule has 0 aliphatic rings. The summed E-state index contributed by atoms with van der Waals surface area (Å²) < 4.78 is 6.38. The van der Waals surface area contributed by atoms with E-state index >= 15 is 0 Å². The van der Waals surface area contributed by atoms with Crippen molar-refractivity contribution in [2.24, 2.45) is 5.10 Å². The van der Waals surface area contributed by atoms with Crippen molar-refractivity contribution in [1.82, 2.24) is 5.43 Å². The molecule has 0 spiro atoms. The first-order valence-corrected chi connectivity index (χ1v) is 9.28. The molecule has 3 rings (SSSR count). The number of rotatable bonds is 6. The second-order valence-electron chi connectivity index (χ2n) is 5.92. The summed E-state index contributed by atoms with van der Waals surface area (Å²) in [5.74, 6) is 0.323. The van der Waals surface area contributed by atoms with Crippen molar-refractivity contribution >= 4 is 27.5 Å². The van der Waals surface area contributed by atoms with Crippen LogP contribution in [0.2, 0.25) is 0 Å². The summed E-state index contributed by atoms with van der Waals surface area (Å²) in [5, 5.41) is 4.15. The van der Waals surface area contributed by atoms with Gasteiger partial charge in [0.15, 0.2) is 6.61 Å². The van der Waals surface area contributed by atoms with Crippen LogP contribution in [0, 0.1) is 0 Å². The molecule has 0 saturated heterocycles. The first-order chi connectivity index (χ1) is 13.1. The first kappa shape index (κ1) is 18.9. The predicted octanol–water partition coefficient (Wildman–Crippen LogP) is 5.04. The topological polar surface area (TPSA) is 50.7 Å². The summed E-state index contributed by atoms with van der Waals surface area (Å²) in [7, 11) is 0. The molecule has 0 radical (unpaired) electrons. The van der Waals surface area contributed by atoms with Gasteiger partial charge in [-0.1, -0.05) is 70.5 Å². The summed E-state index contributed by atoms with van der Waals surface area (Å²) >= 11 is 3.35. The highest BCUT2D eigenvalue weighted by Crippen LogP contribution is 2.19. The van der Waals surface area contributed by atoms with Crippen LogP contribution in [-0.4, -0.2) is 18.2 Å². The molecule has 3 aromatic carbocycles. The number of carbonyl (C=O) groups excluding carboxylic acids is 1. The molecule has 1 amide bonds. The molecule has 1 N–H and O–H groups in total. The molecule has 0 aliphatic carbocycles. The fourth-order valence-corrected chi connectivity index (χ4v) is 2.72. The molecule has 0 heterocycles. The Labute approximate surface area is 167 Å². The molecule has 0 saturated carbocycles. The zero-order valence-electron chi connectivity index (χ0n) is 14.9. The molecule has 0 unspecified atom stereocenters. The molecule has 0 atom stereocenters. The third-order valence-corrected chi connectivity index (χ3v) is 4.47. The number of amides is 1. The fourth-order valence-electron chi connectivity index (χ4n) is 2.46. The van der Waals surface area contributed by atoms with Crippen LogP contribution in [0.5, 0.6) is 5.75 Å². The third kappa shape index (κ3) is 5.53. The minimum Gasteiger partial charge on any atom is -0.484 e. The average molecular weight is 423 g/mol. The van der Waals surface area contributed by atoms with Crippen molar-refractivity contribution in [3.63, 3.8) is 0 Å². The lowest BCUT2D eigenvalue weighted by atomic mass is 10.0. The van der Waals surface area contributed by atoms with E-state index in [1.54, 1.807) is 12.1 Å².